The number of carboxylic acid groups (broad SMARTS) is 1. The van der Waals surface area contributed by atoms with Crippen LogP contribution in [0.15, 0.2) is 48.5 Å². The topological polar surface area (TPSA) is 123 Å². The molecule has 180 valence electrons. The van der Waals surface area contributed by atoms with Crippen LogP contribution in [0.3, 0.4) is 0 Å². The van der Waals surface area contributed by atoms with Gasteiger partial charge in [-0.15, -0.1) is 0 Å². The molecule has 9 nitrogen and oxygen atoms in total. The second-order valence-corrected chi connectivity index (χ2v) is 8.42. The van der Waals surface area contributed by atoms with Crippen LogP contribution in [0.4, 0.5) is 4.79 Å². The Labute approximate surface area is 197 Å². The summed E-state index contributed by atoms with van der Waals surface area (Å²) in [5.41, 5.74) is 4.39. The molecule has 2 aliphatic rings. The van der Waals surface area contributed by atoms with Gasteiger partial charge in [0.05, 0.1) is 12.1 Å². The van der Waals surface area contributed by atoms with Crippen molar-refractivity contribution in [1.82, 2.24) is 10.6 Å². The number of rotatable bonds is 8. The van der Waals surface area contributed by atoms with Gasteiger partial charge in [0.1, 0.15) is 12.6 Å². The molecule has 9 heteroatoms. The average molecular weight is 469 g/mol. The minimum Gasteiger partial charge on any atom is -0.479 e. The normalized spacial score (nSPS) is 20.6. The summed E-state index contributed by atoms with van der Waals surface area (Å²) < 4.78 is 16.0. The van der Waals surface area contributed by atoms with Gasteiger partial charge in [-0.3, -0.25) is 4.79 Å². The van der Waals surface area contributed by atoms with Crippen LogP contribution in [-0.4, -0.2) is 67.7 Å². The fraction of sp³-hybridized carbons (Fsp3) is 0.400. The number of alkyl carbamates (subject to hydrolysis) is 1. The minimum absolute atomic E-state index is 0.104. The maximum absolute atomic E-state index is 12.9. The maximum atomic E-state index is 12.9. The number of fused-ring (bicyclic) bond motifs is 3. The standard InChI is InChI=1S/C25H28N2O7/c1-14(32-2)21(23(28)26-20-11-12-33-22(20)24(29)30)27-25(31)34-13-19-17-9-5-3-7-15(17)16-8-4-6-10-18(16)19/h3-10,14,19-22H,11-13H2,1-2H3,(H,26,28)(H,27,31)(H,29,30). The molecule has 0 aromatic heterocycles. The molecule has 0 spiro atoms. The van der Waals surface area contributed by atoms with Crippen molar-refractivity contribution in [3.05, 3.63) is 59.7 Å². The molecule has 1 saturated heterocycles. The molecule has 4 atom stereocenters. The molecule has 4 rings (SSSR count). The summed E-state index contributed by atoms with van der Waals surface area (Å²) in [6.45, 7) is 1.97. The molecule has 1 fully saturated rings. The lowest BCUT2D eigenvalue weighted by atomic mass is 9.98. The van der Waals surface area contributed by atoms with E-state index >= 15 is 0 Å². The Morgan fingerprint density at radius 3 is 2.29 bits per heavy atom. The molecule has 3 N–H and O–H groups in total. The Hall–Kier alpha value is -3.43. The van der Waals surface area contributed by atoms with E-state index < -0.39 is 42.3 Å². The van der Waals surface area contributed by atoms with Gasteiger partial charge in [0.15, 0.2) is 6.10 Å². The number of methoxy groups -OCH3 is 1. The molecule has 2 amide bonds. The summed E-state index contributed by atoms with van der Waals surface area (Å²) in [5.74, 6) is -1.83. The van der Waals surface area contributed by atoms with Gasteiger partial charge in [0.2, 0.25) is 5.91 Å². The Kier molecular flexibility index (Phi) is 7.14. The fourth-order valence-corrected chi connectivity index (χ4v) is 4.55. The second kappa shape index (κ2) is 10.2. The van der Waals surface area contributed by atoms with Gasteiger partial charge in [-0.2, -0.15) is 0 Å². The number of hydrogen-bond acceptors (Lipinski definition) is 6. The van der Waals surface area contributed by atoms with E-state index in [1.54, 1.807) is 6.92 Å². The highest BCUT2D eigenvalue weighted by Crippen LogP contribution is 2.44. The smallest absolute Gasteiger partial charge is 0.407 e. The van der Waals surface area contributed by atoms with Crippen molar-refractivity contribution in [2.45, 2.75) is 43.6 Å². The van der Waals surface area contributed by atoms with E-state index in [4.69, 9.17) is 14.2 Å². The highest BCUT2D eigenvalue weighted by atomic mass is 16.6. The lowest BCUT2D eigenvalue weighted by Gasteiger charge is -2.26. The number of carbonyl (C=O) groups excluding carboxylic acids is 2. The molecule has 1 heterocycles. The number of ether oxygens (including phenoxy) is 3. The molecule has 4 unspecified atom stereocenters. The van der Waals surface area contributed by atoms with Crippen LogP contribution in [0.25, 0.3) is 11.1 Å². The monoisotopic (exact) mass is 468 g/mol. The van der Waals surface area contributed by atoms with E-state index in [9.17, 15) is 19.5 Å². The lowest BCUT2D eigenvalue weighted by molar-refractivity contribution is -0.148. The van der Waals surface area contributed by atoms with Gasteiger partial charge in [0.25, 0.3) is 0 Å². The molecule has 1 aliphatic heterocycles. The van der Waals surface area contributed by atoms with Gasteiger partial charge < -0.3 is 30.0 Å². The van der Waals surface area contributed by atoms with E-state index in [0.29, 0.717) is 6.42 Å². The van der Waals surface area contributed by atoms with Crippen LogP contribution in [0.1, 0.15) is 30.4 Å². The van der Waals surface area contributed by atoms with Crippen molar-refractivity contribution in [2.75, 3.05) is 20.3 Å². The van der Waals surface area contributed by atoms with Crippen molar-refractivity contribution in [2.24, 2.45) is 0 Å². The number of aliphatic carboxylic acids is 1. The molecule has 2 aromatic rings. The number of carboxylic acids is 1. The molecular formula is C25H28N2O7. The van der Waals surface area contributed by atoms with Gasteiger partial charge in [-0.05, 0) is 35.6 Å². The number of benzene rings is 2. The van der Waals surface area contributed by atoms with Crippen LogP contribution in [0.5, 0.6) is 0 Å². The highest BCUT2D eigenvalue weighted by Gasteiger charge is 2.38. The molecule has 1 aliphatic carbocycles. The zero-order chi connectivity index (χ0) is 24.2. The van der Waals surface area contributed by atoms with Gasteiger partial charge in [-0.25, -0.2) is 9.59 Å². The number of hydrogen-bond donors (Lipinski definition) is 3. The maximum Gasteiger partial charge on any atom is 0.407 e. The molecule has 2 aromatic carbocycles. The van der Waals surface area contributed by atoms with Crippen LogP contribution in [0, 0.1) is 0 Å². The summed E-state index contributed by atoms with van der Waals surface area (Å²) in [5, 5.41) is 14.5. The van der Waals surface area contributed by atoms with E-state index in [0.717, 1.165) is 22.3 Å². The molecule has 34 heavy (non-hydrogen) atoms. The quantitative estimate of drug-likeness (QED) is 0.543. The molecule has 0 saturated carbocycles. The van der Waals surface area contributed by atoms with Crippen LogP contribution in [0.2, 0.25) is 0 Å². The van der Waals surface area contributed by atoms with Crippen molar-refractivity contribution < 1.29 is 33.7 Å². The number of amides is 2. The zero-order valence-corrected chi connectivity index (χ0v) is 19.0. The van der Waals surface area contributed by atoms with Gasteiger partial charge in [-0.1, -0.05) is 48.5 Å². The Morgan fingerprint density at radius 1 is 1.09 bits per heavy atom. The van der Waals surface area contributed by atoms with Gasteiger partial charge in [0, 0.05) is 19.6 Å². The Balaban J connectivity index is 1.41. The molecular weight excluding hydrogens is 440 g/mol. The van der Waals surface area contributed by atoms with Crippen LogP contribution < -0.4 is 10.6 Å². The largest absolute Gasteiger partial charge is 0.479 e. The third kappa shape index (κ3) is 4.76. The number of nitrogens with one attached hydrogen (secondary N) is 2. The van der Waals surface area contributed by atoms with E-state index in [1.165, 1.54) is 7.11 Å². The van der Waals surface area contributed by atoms with Crippen LogP contribution in [-0.2, 0) is 23.8 Å². The Morgan fingerprint density at radius 2 is 1.71 bits per heavy atom. The minimum atomic E-state index is -1.15. The van der Waals surface area contributed by atoms with Gasteiger partial charge >= 0.3 is 12.1 Å². The van der Waals surface area contributed by atoms with Crippen molar-refractivity contribution >= 4 is 18.0 Å². The SMILES string of the molecule is COC(C)C(NC(=O)OCC1c2ccccc2-c2ccccc21)C(=O)NC1CCOC1C(=O)O. The van der Waals surface area contributed by atoms with E-state index in [-0.39, 0.29) is 19.1 Å². The Bertz CT molecular complexity index is 1030. The van der Waals surface area contributed by atoms with Crippen molar-refractivity contribution in [3.63, 3.8) is 0 Å². The predicted octanol–water partition coefficient (Wildman–Crippen LogP) is 2.29. The first-order chi connectivity index (χ1) is 16.4. The second-order valence-electron chi connectivity index (χ2n) is 8.42. The summed E-state index contributed by atoms with van der Waals surface area (Å²) in [4.78, 5) is 36.9. The van der Waals surface area contributed by atoms with E-state index in [1.807, 2.05) is 48.5 Å². The van der Waals surface area contributed by atoms with Crippen LogP contribution >= 0.6 is 0 Å². The van der Waals surface area contributed by atoms with Crippen molar-refractivity contribution in [3.8, 4) is 11.1 Å². The van der Waals surface area contributed by atoms with Crippen molar-refractivity contribution in [1.29, 1.82) is 0 Å². The summed E-state index contributed by atoms with van der Waals surface area (Å²) in [7, 11) is 1.42. The zero-order valence-electron chi connectivity index (χ0n) is 19.0. The fourth-order valence-electron chi connectivity index (χ4n) is 4.55. The summed E-state index contributed by atoms with van der Waals surface area (Å²) >= 11 is 0. The first-order valence-electron chi connectivity index (χ1n) is 11.2. The first kappa shape index (κ1) is 23.7. The first-order valence-corrected chi connectivity index (χ1v) is 11.2. The third-order valence-corrected chi connectivity index (χ3v) is 6.40. The third-order valence-electron chi connectivity index (χ3n) is 6.40. The molecule has 0 radical (unpaired) electrons. The highest BCUT2D eigenvalue weighted by molar-refractivity contribution is 5.87. The van der Waals surface area contributed by atoms with E-state index in [2.05, 4.69) is 10.6 Å². The average Bonchev–Trinajstić information content (AvgIpc) is 3.43. The predicted molar refractivity (Wildman–Crippen MR) is 122 cm³/mol. The molecule has 0 bridgehead atoms. The summed E-state index contributed by atoms with van der Waals surface area (Å²) in [6, 6.07) is 14.2. The lowest BCUT2D eigenvalue weighted by Crippen LogP contribution is -2.56. The summed E-state index contributed by atoms with van der Waals surface area (Å²) in [6.07, 6.45) is -2.20. The number of carbonyl (C=O) groups is 3.